The fourth-order valence-corrected chi connectivity index (χ4v) is 2.23. The summed E-state index contributed by atoms with van der Waals surface area (Å²) in [6, 6.07) is 6.49. The van der Waals surface area contributed by atoms with Crippen LogP contribution in [0.1, 0.15) is 6.42 Å². The second-order valence-electron chi connectivity index (χ2n) is 4.23. The lowest BCUT2D eigenvalue weighted by Gasteiger charge is -2.22. The van der Waals surface area contributed by atoms with E-state index in [1.165, 1.54) is 17.5 Å². The van der Waals surface area contributed by atoms with Crippen molar-refractivity contribution in [1.29, 1.82) is 0 Å². The molecule has 0 amide bonds. The van der Waals surface area contributed by atoms with Crippen molar-refractivity contribution in [3.63, 3.8) is 0 Å². The molecule has 0 aliphatic carbocycles. The minimum absolute atomic E-state index is 0. The van der Waals surface area contributed by atoms with Gasteiger partial charge in [0, 0.05) is 30.7 Å². The molecule has 1 saturated heterocycles. The van der Waals surface area contributed by atoms with E-state index < -0.39 is 0 Å². The molecule has 0 saturated carbocycles. The maximum atomic E-state index is 4.05. The smallest absolute Gasteiger partial charge is 0.0651 e. The van der Waals surface area contributed by atoms with Crippen molar-refractivity contribution in [2.75, 3.05) is 31.1 Å². The average molecular weight is 253 g/mol. The fourth-order valence-electron chi connectivity index (χ4n) is 2.23. The number of benzene rings is 1. The first-order valence-electron chi connectivity index (χ1n) is 5.82. The summed E-state index contributed by atoms with van der Waals surface area (Å²) >= 11 is 0. The maximum Gasteiger partial charge on any atom is 0.0651 e. The zero-order valence-electron chi connectivity index (χ0n) is 9.65. The van der Waals surface area contributed by atoms with Gasteiger partial charge >= 0.3 is 0 Å². The van der Waals surface area contributed by atoms with Crippen LogP contribution in [0.15, 0.2) is 24.4 Å². The lowest BCUT2D eigenvalue weighted by molar-refractivity contribution is 0.724. The number of aromatic amines is 1. The Hall–Kier alpha value is -1.26. The van der Waals surface area contributed by atoms with Crippen LogP contribution in [0.5, 0.6) is 0 Å². The van der Waals surface area contributed by atoms with E-state index in [1.54, 1.807) is 0 Å². The van der Waals surface area contributed by atoms with Crippen molar-refractivity contribution in [2.24, 2.45) is 0 Å². The van der Waals surface area contributed by atoms with E-state index in [0.717, 1.165) is 31.7 Å². The number of nitrogens with zero attached hydrogens (tertiary/aromatic N) is 2. The largest absolute Gasteiger partial charge is 0.370 e. The molecule has 1 aromatic carbocycles. The van der Waals surface area contributed by atoms with Crippen LogP contribution in [0.3, 0.4) is 0 Å². The van der Waals surface area contributed by atoms with Crippen LogP contribution in [-0.2, 0) is 0 Å². The van der Waals surface area contributed by atoms with Crippen molar-refractivity contribution in [2.45, 2.75) is 6.42 Å². The van der Waals surface area contributed by atoms with Crippen molar-refractivity contribution in [3.8, 4) is 0 Å². The van der Waals surface area contributed by atoms with Gasteiger partial charge in [0.25, 0.3) is 0 Å². The van der Waals surface area contributed by atoms with Gasteiger partial charge in [-0.25, -0.2) is 0 Å². The summed E-state index contributed by atoms with van der Waals surface area (Å²) in [5.74, 6) is 0. The molecule has 0 spiro atoms. The number of rotatable bonds is 1. The molecular weight excluding hydrogens is 236 g/mol. The summed E-state index contributed by atoms with van der Waals surface area (Å²) in [5.41, 5.74) is 2.41. The molecule has 1 aliphatic heterocycles. The average Bonchev–Trinajstić information content (AvgIpc) is 2.61. The Morgan fingerprint density at radius 3 is 3.06 bits per heavy atom. The Morgan fingerprint density at radius 2 is 2.12 bits per heavy atom. The van der Waals surface area contributed by atoms with Crippen LogP contribution in [0.2, 0.25) is 0 Å². The minimum atomic E-state index is 0. The van der Waals surface area contributed by atoms with Crippen LogP contribution in [0.25, 0.3) is 10.9 Å². The Labute approximate surface area is 107 Å². The highest BCUT2D eigenvalue weighted by Crippen LogP contribution is 2.20. The third-order valence-electron chi connectivity index (χ3n) is 3.13. The van der Waals surface area contributed by atoms with Gasteiger partial charge in [-0.05, 0) is 31.2 Å². The van der Waals surface area contributed by atoms with Crippen LogP contribution < -0.4 is 10.2 Å². The van der Waals surface area contributed by atoms with E-state index in [1.807, 2.05) is 6.20 Å². The van der Waals surface area contributed by atoms with Crippen LogP contribution >= 0.6 is 12.4 Å². The second-order valence-corrected chi connectivity index (χ2v) is 4.23. The maximum absolute atomic E-state index is 4.05. The number of halogens is 1. The Morgan fingerprint density at radius 1 is 1.18 bits per heavy atom. The fraction of sp³-hybridized carbons (Fsp3) is 0.417. The first-order valence-corrected chi connectivity index (χ1v) is 5.82. The summed E-state index contributed by atoms with van der Waals surface area (Å²) in [5, 5.41) is 11.6. The van der Waals surface area contributed by atoms with Gasteiger partial charge in [-0.3, -0.25) is 5.10 Å². The lowest BCUT2D eigenvalue weighted by Crippen LogP contribution is -2.27. The van der Waals surface area contributed by atoms with Crippen LogP contribution in [0.4, 0.5) is 5.69 Å². The summed E-state index contributed by atoms with van der Waals surface area (Å²) < 4.78 is 0. The van der Waals surface area contributed by atoms with Gasteiger partial charge < -0.3 is 10.2 Å². The van der Waals surface area contributed by atoms with Gasteiger partial charge in [0.1, 0.15) is 0 Å². The minimum Gasteiger partial charge on any atom is -0.370 e. The molecule has 17 heavy (non-hydrogen) atoms. The molecule has 5 heteroatoms. The van der Waals surface area contributed by atoms with Gasteiger partial charge in [0.2, 0.25) is 0 Å². The molecule has 0 radical (unpaired) electrons. The van der Waals surface area contributed by atoms with Gasteiger partial charge in [-0.15, -0.1) is 12.4 Å². The van der Waals surface area contributed by atoms with Crippen molar-refractivity contribution < 1.29 is 0 Å². The molecule has 2 N–H and O–H groups in total. The molecule has 4 nitrogen and oxygen atoms in total. The molecule has 1 fully saturated rings. The predicted octanol–water partition coefficient (Wildman–Crippen LogP) is 1.78. The number of nitrogens with one attached hydrogen (secondary N) is 2. The highest BCUT2D eigenvalue weighted by Gasteiger charge is 2.09. The van der Waals surface area contributed by atoms with E-state index >= 15 is 0 Å². The van der Waals surface area contributed by atoms with Crippen molar-refractivity contribution in [3.05, 3.63) is 24.4 Å². The molecule has 92 valence electrons. The molecular formula is C12H17ClN4. The molecule has 2 aromatic rings. The first-order chi connectivity index (χ1) is 7.93. The number of fused-ring (bicyclic) bond motifs is 1. The Bertz CT molecular complexity index is 474. The lowest BCUT2D eigenvalue weighted by atomic mass is 10.2. The zero-order valence-corrected chi connectivity index (χ0v) is 10.5. The Kier molecular flexibility index (Phi) is 3.86. The molecule has 0 atom stereocenters. The second kappa shape index (κ2) is 5.38. The molecule has 2 heterocycles. The third kappa shape index (κ3) is 2.53. The molecule has 1 aromatic heterocycles. The monoisotopic (exact) mass is 252 g/mol. The number of anilines is 1. The molecule has 3 rings (SSSR count). The quantitative estimate of drug-likeness (QED) is 0.813. The molecule has 0 bridgehead atoms. The summed E-state index contributed by atoms with van der Waals surface area (Å²) in [7, 11) is 0. The van der Waals surface area contributed by atoms with Crippen molar-refractivity contribution in [1.82, 2.24) is 15.5 Å². The van der Waals surface area contributed by atoms with E-state index in [0.29, 0.717) is 0 Å². The van der Waals surface area contributed by atoms with E-state index in [4.69, 9.17) is 0 Å². The van der Waals surface area contributed by atoms with Gasteiger partial charge in [0.15, 0.2) is 0 Å². The number of H-pyrrole nitrogens is 1. The first kappa shape index (κ1) is 12.2. The van der Waals surface area contributed by atoms with E-state index in [-0.39, 0.29) is 12.4 Å². The van der Waals surface area contributed by atoms with Crippen LogP contribution in [-0.4, -0.2) is 36.4 Å². The summed E-state index contributed by atoms with van der Waals surface area (Å²) in [4.78, 5) is 2.44. The van der Waals surface area contributed by atoms with Gasteiger partial charge in [-0.2, -0.15) is 5.10 Å². The van der Waals surface area contributed by atoms with Gasteiger partial charge in [-0.1, -0.05) is 0 Å². The highest BCUT2D eigenvalue weighted by atomic mass is 35.5. The summed E-state index contributed by atoms with van der Waals surface area (Å²) in [6.45, 7) is 4.42. The standard InChI is InChI=1S/C12H16N4.ClH/c1-4-13-5-7-16(6-1)11-2-3-12-10(8-11)9-14-15-12;/h2-3,8-9,13H,1,4-7H2,(H,14,15);1H. The molecule has 0 unspecified atom stereocenters. The topological polar surface area (TPSA) is 44.0 Å². The van der Waals surface area contributed by atoms with E-state index in [2.05, 4.69) is 38.6 Å². The number of hydrogen-bond donors (Lipinski definition) is 2. The number of hydrogen-bond acceptors (Lipinski definition) is 3. The number of aromatic nitrogens is 2. The van der Waals surface area contributed by atoms with Crippen LogP contribution in [0, 0.1) is 0 Å². The third-order valence-corrected chi connectivity index (χ3v) is 3.13. The van der Waals surface area contributed by atoms with E-state index in [9.17, 15) is 0 Å². The highest BCUT2D eigenvalue weighted by molar-refractivity contribution is 5.85. The SMILES string of the molecule is Cl.c1cc2[nH]ncc2cc1N1CCCNCC1. The predicted molar refractivity (Wildman–Crippen MR) is 73.0 cm³/mol. The summed E-state index contributed by atoms with van der Waals surface area (Å²) in [6.07, 6.45) is 3.10. The normalized spacial score (nSPS) is 16.6. The Balaban J connectivity index is 0.00000108. The zero-order chi connectivity index (χ0) is 10.8. The van der Waals surface area contributed by atoms with Gasteiger partial charge in [0.05, 0.1) is 11.7 Å². The van der Waals surface area contributed by atoms with Crippen molar-refractivity contribution >= 4 is 29.0 Å². The molecule has 1 aliphatic rings.